The Morgan fingerprint density at radius 3 is 2.54 bits per heavy atom. The normalized spacial score (nSPS) is 13.2. The van der Waals surface area contributed by atoms with Crippen molar-refractivity contribution < 1.29 is 26.7 Å². The van der Waals surface area contributed by atoms with Gasteiger partial charge in [0.05, 0.1) is 42.5 Å². The molecule has 41 heavy (non-hydrogen) atoms. The molecule has 1 fully saturated rings. The van der Waals surface area contributed by atoms with Gasteiger partial charge < -0.3 is 19.7 Å². The van der Waals surface area contributed by atoms with Crippen LogP contribution in [0.15, 0.2) is 72.0 Å². The smallest absolute Gasteiger partial charge is 0.273 e. The van der Waals surface area contributed by atoms with E-state index in [0.29, 0.717) is 30.2 Å². The monoisotopic (exact) mass is 600 g/mol. The van der Waals surface area contributed by atoms with Gasteiger partial charge in [0.2, 0.25) is 0 Å². The Morgan fingerprint density at radius 1 is 1.02 bits per heavy atom. The van der Waals surface area contributed by atoms with E-state index in [0.717, 1.165) is 22.9 Å². The van der Waals surface area contributed by atoms with Gasteiger partial charge in [-0.1, -0.05) is 11.6 Å². The summed E-state index contributed by atoms with van der Waals surface area (Å²) >= 11 is 6.52. The van der Waals surface area contributed by atoms with E-state index in [4.69, 9.17) is 21.1 Å². The third-order valence-corrected chi connectivity index (χ3v) is 8.47. The van der Waals surface area contributed by atoms with Crippen LogP contribution in [0.4, 0.5) is 37.3 Å². The molecule has 5 rings (SSSR count). The lowest BCUT2D eigenvalue weighted by Gasteiger charge is -2.26. The molecule has 9 nitrogen and oxygen atoms in total. The summed E-state index contributed by atoms with van der Waals surface area (Å²) in [4.78, 5) is 9.38. The number of methoxy groups -OCH3 is 2. The lowest BCUT2D eigenvalue weighted by molar-refractivity contribution is 0.395. The summed E-state index contributed by atoms with van der Waals surface area (Å²) < 4.78 is 69.4. The zero-order chi connectivity index (χ0) is 29.1. The van der Waals surface area contributed by atoms with Crippen LogP contribution in [0.3, 0.4) is 0 Å². The van der Waals surface area contributed by atoms with Gasteiger partial charge in [0.25, 0.3) is 10.0 Å². The summed E-state index contributed by atoms with van der Waals surface area (Å²) in [5.41, 5.74) is 1.22. The molecule has 0 saturated carbocycles. The summed E-state index contributed by atoms with van der Waals surface area (Å²) in [5.74, 6) is -1.05. The Bertz CT molecular complexity index is 1670. The predicted molar refractivity (Wildman–Crippen MR) is 153 cm³/mol. The van der Waals surface area contributed by atoms with E-state index in [1.165, 1.54) is 69.2 Å². The molecular weight excluding hydrogens is 576 g/mol. The number of nitrogens with zero attached hydrogens (tertiary/aromatic N) is 4. The fourth-order valence-electron chi connectivity index (χ4n) is 4.47. The number of hydrogen-bond donors (Lipinski definition) is 1. The summed E-state index contributed by atoms with van der Waals surface area (Å²) in [6.07, 6.45) is 6.83. The SMILES string of the molecule is COc1ccc(N(c2cnccn2)S(=O)(=O)c2cc(Cl)c(Nc3ccc(F)cc3N3C[CH]CC3)cc2F)c(OC)c1. The standard InChI is InChI=1S/C28H25ClF2N5O4S/c1-39-19-6-8-24(26(14-19)40-2)36(28-17-32-9-10-33-28)41(37,38)27-15-20(29)23(16-21(27)31)34-22-7-5-18(30)13-25(22)35-11-3-4-12-35/h3,5-10,13-17,34H,4,11-12H2,1-2H3. The van der Waals surface area contributed by atoms with Gasteiger partial charge in [-0.3, -0.25) is 4.98 Å². The minimum Gasteiger partial charge on any atom is -0.497 e. The van der Waals surface area contributed by atoms with E-state index >= 15 is 4.39 Å². The van der Waals surface area contributed by atoms with Crippen molar-refractivity contribution in [2.24, 2.45) is 0 Å². The number of ether oxygens (including phenoxy) is 2. The van der Waals surface area contributed by atoms with Crippen molar-refractivity contribution in [3.8, 4) is 11.5 Å². The average Bonchev–Trinajstić information content (AvgIpc) is 3.51. The van der Waals surface area contributed by atoms with E-state index < -0.39 is 26.6 Å². The quantitative estimate of drug-likeness (QED) is 0.246. The van der Waals surface area contributed by atoms with E-state index in [-0.39, 0.29) is 28.0 Å². The predicted octanol–water partition coefficient (Wildman–Crippen LogP) is 6.11. The maximum atomic E-state index is 15.7. The van der Waals surface area contributed by atoms with Crippen molar-refractivity contribution in [3.05, 3.63) is 90.2 Å². The molecule has 0 unspecified atom stereocenters. The second kappa shape index (κ2) is 11.8. The Balaban J connectivity index is 1.58. The molecule has 1 radical (unpaired) electrons. The van der Waals surface area contributed by atoms with Crippen LogP contribution < -0.4 is 24.0 Å². The maximum absolute atomic E-state index is 15.7. The number of sulfonamides is 1. The Labute approximate surface area is 241 Å². The second-order valence-electron chi connectivity index (χ2n) is 8.94. The third kappa shape index (κ3) is 5.70. The first-order valence-electron chi connectivity index (χ1n) is 12.4. The van der Waals surface area contributed by atoms with Crippen LogP contribution in [-0.2, 0) is 10.0 Å². The molecule has 0 spiro atoms. The molecule has 1 aliphatic rings. The summed E-state index contributed by atoms with van der Waals surface area (Å²) in [6, 6.07) is 10.6. The highest BCUT2D eigenvalue weighted by molar-refractivity contribution is 7.93. The molecule has 1 saturated heterocycles. The highest BCUT2D eigenvalue weighted by Gasteiger charge is 2.34. The maximum Gasteiger partial charge on any atom is 0.273 e. The Kier molecular flexibility index (Phi) is 8.13. The van der Waals surface area contributed by atoms with Crippen LogP contribution in [0.5, 0.6) is 11.5 Å². The van der Waals surface area contributed by atoms with Crippen molar-refractivity contribution in [1.29, 1.82) is 0 Å². The zero-order valence-electron chi connectivity index (χ0n) is 22.0. The lowest BCUT2D eigenvalue weighted by atomic mass is 10.2. The molecule has 4 aromatic rings. The van der Waals surface area contributed by atoms with Crippen LogP contribution in [0.1, 0.15) is 6.42 Å². The van der Waals surface area contributed by atoms with Crippen LogP contribution in [0.25, 0.3) is 0 Å². The fraction of sp³-hybridized carbons (Fsp3) is 0.179. The van der Waals surface area contributed by atoms with Gasteiger partial charge >= 0.3 is 0 Å². The number of hydrogen-bond acceptors (Lipinski definition) is 8. The van der Waals surface area contributed by atoms with Crippen molar-refractivity contribution >= 4 is 50.2 Å². The van der Waals surface area contributed by atoms with E-state index in [2.05, 4.69) is 21.7 Å². The number of rotatable bonds is 9. The lowest BCUT2D eigenvalue weighted by Crippen LogP contribution is -2.28. The third-order valence-electron chi connectivity index (χ3n) is 6.43. The molecule has 1 aliphatic heterocycles. The van der Waals surface area contributed by atoms with Crippen molar-refractivity contribution in [1.82, 2.24) is 9.97 Å². The minimum absolute atomic E-state index is 0.0462. The number of nitrogens with one attached hydrogen (secondary N) is 1. The first-order valence-corrected chi connectivity index (χ1v) is 14.2. The molecule has 0 bridgehead atoms. The zero-order valence-corrected chi connectivity index (χ0v) is 23.6. The van der Waals surface area contributed by atoms with E-state index in [9.17, 15) is 12.8 Å². The van der Waals surface area contributed by atoms with Crippen molar-refractivity contribution in [3.63, 3.8) is 0 Å². The average molecular weight is 601 g/mol. The molecular formula is C28H25ClF2N5O4S. The molecule has 213 valence electrons. The molecule has 3 aromatic carbocycles. The Hall–Kier alpha value is -4.16. The van der Waals surface area contributed by atoms with E-state index in [1.54, 1.807) is 0 Å². The van der Waals surface area contributed by atoms with Gasteiger partial charge in [0, 0.05) is 37.6 Å². The van der Waals surface area contributed by atoms with Crippen molar-refractivity contribution in [2.45, 2.75) is 11.3 Å². The summed E-state index contributed by atoms with van der Waals surface area (Å²) in [7, 11) is -1.85. The molecule has 1 aromatic heterocycles. The number of benzene rings is 3. The van der Waals surface area contributed by atoms with Gasteiger partial charge in [-0.2, -0.15) is 0 Å². The fourth-order valence-corrected chi connectivity index (χ4v) is 6.26. The molecule has 0 atom stereocenters. The second-order valence-corrected chi connectivity index (χ2v) is 11.1. The van der Waals surface area contributed by atoms with Gasteiger partial charge in [-0.15, -0.1) is 0 Å². The van der Waals surface area contributed by atoms with Crippen LogP contribution in [-0.4, -0.2) is 45.7 Å². The first kappa shape index (κ1) is 28.4. The molecule has 0 amide bonds. The van der Waals surface area contributed by atoms with Crippen LogP contribution >= 0.6 is 11.6 Å². The number of aromatic nitrogens is 2. The van der Waals surface area contributed by atoms with Gasteiger partial charge in [0.1, 0.15) is 33.7 Å². The van der Waals surface area contributed by atoms with E-state index in [1.807, 2.05) is 4.90 Å². The largest absolute Gasteiger partial charge is 0.497 e. The Morgan fingerprint density at radius 2 is 1.85 bits per heavy atom. The molecule has 13 heteroatoms. The summed E-state index contributed by atoms with van der Waals surface area (Å²) in [5, 5.41) is 2.95. The van der Waals surface area contributed by atoms with Crippen LogP contribution in [0, 0.1) is 18.1 Å². The highest BCUT2D eigenvalue weighted by atomic mass is 35.5. The summed E-state index contributed by atoms with van der Waals surface area (Å²) in [6.45, 7) is 1.33. The first-order chi connectivity index (χ1) is 19.7. The highest BCUT2D eigenvalue weighted by Crippen LogP contribution is 2.41. The molecule has 2 heterocycles. The minimum atomic E-state index is -4.67. The van der Waals surface area contributed by atoms with Crippen LogP contribution in [0.2, 0.25) is 5.02 Å². The van der Waals surface area contributed by atoms with Crippen molar-refractivity contribution in [2.75, 3.05) is 41.8 Å². The van der Waals surface area contributed by atoms with Gasteiger partial charge in [-0.05, 0) is 49.2 Å². The molecule has 1 N–H and O–H groups in total. The number of halogens is 3. The number of anilines is 5. The molecule has 0 aliphatic carbocycles. The van der Waals surface area contributed by atoms with Gasteiger partial charge in [0.15, 0.2) is 5.82 Å². The topological polar surface area (TPSA) is 96.9 Å². The van der Waals surface area contributed by atoms with Gasteiger partial charge in [-0.25, -0.2) is 26.5 Å².